The zero-order chi connectivity index (χ0) is 15.4. The molecule has 1 aromatic rings. The van der Waals surface area contributed by atoms with Gasteiger partial charge in [0.15, 0.2) is 0 Å². The number of hydrogen-bond acceptors (Lipinski definition) is 4. The number of aliphatic hydroxyl groups is 1. The van der Waals surface area contributed by atoms with Gasteiger partial charge in [-0.1, -0.05) is 6.07 Å². The van der Waals surface area contributed by atoms with E-state index in [4.69, 9.17) is 4.74 Å². The first-order valence-electron chi connectivity index (χ1n) is 7.14. The Morgan fingerprint density at radius 2 is 2.38 bits per heavy atom. The van der Waals surface area contributed by atoms with Crippen LogP contribution in [0.15, 0.2) is 18.2 Å². The molecule has 1 aromatic carbocycles. The van der Waals surface area contributed by atoms with Crippen LogP contribution in [0.25, 0.3) is 0 Å². The lowest BCUT2D eigenvalue weighted by molar-refractivity contribution is -0.124. The molecule has 0 bridgehead atoms. The van der Waals surface area contributed by atoms with Gasteiger partial charge in [0.2, 0.25) is 5.91 Å². The van der Waals surface area contributed by atoms with E-state index in [9.17, 15) is 14.3 Å². The van der Waals surface area contributed by atoms with Gasteiger partial charge in [-0.25, -0.2) is 4.39 Å². The number of nitrogens with zero attached hydrogens (tertiary/aromatic N) is 1. The van der Waals surface area contributed by atoms with Crippen LogP contribution in [0.1, 0.15) is 25.5 Å². The molecule has 0 radical (unpaired) electrons. The van der Waals surface area contributed by atoms with E-state index in [1.165, 1.54) is 6.07 Å². The minimum atomic E-state index is -0.725. The summed E-state index contributed by atoms with van der Waals surface area (Å²) in [5, 5.41) is 12.2. The molecule has 1 aliphatic rings. The average molecular weight is 296 g/mol. The van der Waals surface area contributed by atoms with Crippen LogP contribution in [-0.2, 0) is 9.53 Å². The van der Waals surface area contributed by atoms with Crippen molar-refractivity contribution in [2.45, 2.75) is 26.0 Å². The van der Waals surface area contributed by atoms with Crippen LogP contribution >= 0.6 is 0 Å². The Hall–Kier alpha value is -1.66. The number of hydrogen-bond donors (Lipinski definition) is 2. The van der Waals surface area contributed by atoms with E-state index < -0.39 is 18.0 Å². The predicted octanol–water partition coefficient (Wildman–Crippen LogP) is 1.22. The molecule has 2 N–H and O–H groups in total. The van der Waals surface area contributed by atoms with E-state index in [-0.39, 0.29) is 12.5 Å². The average Bonchev–Trinajstić information content (AvgIpc) is 2.47. The number of rotatable bonds is 4. The van der Waals surface area contributed by atoms with Crippen molar-refractivity contribution in [1.82, 2.24) is 5.32 Å². The number of halogens is 1. The second-order valence-electron chi connectivity index (χ2n) is 5.07. The number of nitrogens with one attached hydrogen (secondary N) is 1. The second kappa shape index (κ2) is 6.87. The minimum Gasteiger partial charge on any atom is -0.389 e. The standard InChI is InChI=1S/C15H21FN2O3/c1-3-17-15(20)14-9-21-7-6-18(14)13-5-4-11(10(2)19)8-12(13)16/h4-5,8,10,14,19H,3,6-7,9H2,1-2H3,(H,17,20)/t10-,14?/m0/s1. The molecule has 2 atom stereocenters. The first-order valence-corrected chi connectivity index (χ1v) is 7.14. The maximum Gasteiger partial charge on any atom is 0.245 e. The minimum absolute atomic E-state index is 0.170. The first-order chi connectivity index (χ1) is 10.0. The number of carbonyl (C=O) groups excluding carboxylic acids is 1. The van der Waals surface area contributed by atoms with E-state index in [1.54, 1.807) is 24.0 Å². The highest BCUT2D eigenvalue weighted by molar-refractivity contribution is 5.85. The van der Waals surface area contributed by atoms with Gasteiger partial charge >= 0.3 is 0 Å². The number of morpholine rings is 1. The van der Waals surface area contributed by atoms with Gasteiger partial charge in [-0.3, -0.25) is 4.79 Å². The van der Waals surface area contributed by atoms with Crippen LogP contribution in [0, 0.1) is 5.82 Å². The van der Waals surface area contributed by atoms with Crippen LogP contribution in [0.3, 0.4) is 0 Å². The first kappa shape index (κ1) is 15.7. The third-order valence-electron chi connectivity index (χ3n) is 3.55. The topological polar surface area (TPSA) is 61.8 Å². The van der Waals surface area contributed by atoms with Crippen LogP contribution in [0.5, 0.6) is 0 Å². The molecule has 0 spiro atoms. The molecule has 2 rings (SSSR count). The fraction of sp³-hybridized carbons (Fsp3) is 0.533. The summed E-state index contributed by atoms with van der Waals surface area (Å²) in [6, 6.07) is 4.05. The zero-order valence-electron chi connectivity index (χ0n) is 12.3. The summed E-state index contributed by atoms with van der Waals surface area (Å²) < 4.78 is 19.6. The van der Waals surface area contributed by atoms with Gasteiger partial charge < -0.3 is 20.1 Å². The number of likely N-dealkylation sites (N-methyl/N-ethyl adjacent to an activating group) is 1. The van der Waals surface area contributed by atoms with Gasteiger partial charge in [0.05, 0.1) is 25.0 Å². The van der Waals surface area contributed by atoms with Gasteiger partial charge in [-0.05, 0) is 31.5 Å². The molecule has 5 nitrogen and oxygen atoms in total. The molecule has 1 aliphatic heterocycles. The quantitative estimate of drug-likeness (QED) is 0.877. The Morgan fingerprint density at radius 1 is 1.62 bits per heavy atom. The maximum absolute atomic E-state index is 14.3. The normalized spacial score (nSPS) is 20.2. The van der Waals surface area contributed by atoms with Gasteiger partial charge in [0, 0.05) is 13.1 Å². The summed E-state index contributed by atoms with van der Waals surface area (Å²) in [6.07, 6.45) is -0.725. The molecule has 116 valence electrons. The van der Waals surface area contributed by atoms with Crippen molar-refractivity contribution in [3.8, 4) is 0 Å². The van der Waals surface area contributed by atoms with Gasteiger partial charge in [0.1, 0.15) is 11.9 Å². The van der Waals surface area contributed by atoms with E-state index in [0.29, 0.717) is 30.9 Å². The van der Waals surface area contributed by atoms with Crippen molar-refractivity contribution in [3.05, 3.63) is 29.6 Å². The van der Waals surface area contributed by atoms with Crippen molar-refractivity contribution in [2.24, 2.45) is 0 Å². The highest BCUT2D eigenvalue weighted by atomic mass is 19.1. The molecule has 0 aliphatic carbocycles. The molecule has 21 heavy (non-hydrogen) atoms. The summed E-state index contributed by atoms with van der Waals surface area (Å²) in [7, 11) is 0. The molecule has 1 saturated heterocycles. The maximum atomic E-state index is 14.3. The lowest BCUT2D eigenvalue weighted by atomic mass is 10.1. The third-order valence-corrected chi connectivity index (χ3v) is 3.55. The number of benzene rings is 1. The summed E-state index contributed by atoms with van der Waals surface area (Å²) >= 11 is 0. The van der Waals surface area contributed by atoms with Crippen LogP contribution < -0.4 is 10.2 Å². The van der Waals surface area contributed by atoms with E-state index in [0.717, 1.165) is 0 Å². The van der Waals surface area contributed by atoms with Crippen molar-refractivity contribution < 1.29 is 19.0 Å². The fourth-order valence-corrected chi connectivity index (χ4v) is 2.42. The molecule has 0 saturated carbocycles. The zero-order valence-corrected chi connectivity index (χ0v) is 12.3. The van der Waals surface area contributed by atoms with Crippen molar-refractivity contribution in [2.75, 3.05) is 31.2 Å². The number of anilines is 1. The largest absolute Gasteiger partial charge is 0.389 e. The van der Waals surface area contributed by atoms with Crippen molar-refractivity contribution >= 4 is 11.6 Å². The van der Waals surface area contributed by atoms with Crippen molar-refractivity contribution in [1.29, 1.82) is 0 Å². The second-order valence-corrected chi connectivity index (χ2v) is 5.07. The van der Waals surface area contributed by atoms with E-state index >= 15 is 0 Å². The van der Waals surface area contributed by atoms with Gasteiger partial charge in [0.25, 0.3) is 0 Å². The monoisotopic (exact) mass is 296 g/mol. The molecule has 6 heteroatoms. The number of aliphatic hydroxyl groups excluding tert-OH is 1. The Kier molecular flexibility index (Phi) is 5.14. The summed E-state index contributed by atoms with van der Waals surface area (Å²) in [4.78, 5) is 13.8. The third kappa shape index (κ3) is 3.51. The van der Waals surface area contributed by atoms with E-state index in [2.05, 4.69) is 5.32 Å². The molecule has 1 fully saturated rings. The molecular formula is C15H21FN2O3. The molecule has 1 amide bonds. The predicted molar refractivity (Wildman–Crippen MR) is 77.7 cm³/mol. The van der Waals surface area contributed by atoms with Crippen LogP contribution in [0.4, 0.5) is 10.1 Å². The Bertz CT molecular complexity index is 508. The molecule has 1 heterocycles. The van der Waals surface area contributed by atoms with Crippen LogP contribution in [-0.4, -0.2) is 43.4 Å². The van der Waals surface area contributed by atoms with E-state index in [1.807, 2.05) is 6.92 Å². The molecule has 0 aromatic heterocycles. The van der Waals surface area contributed by atoms with Gasteiger partial charge in [-0.2, -0.15) is 0 Å². The smallest absolute Gasteiger partial charge is 0.245 e. The Balaban J connectivity index is 2.27. The highest BCUT2D eigenvalue weighted by Crippen LogP contribution is 2.26. The van der Waals surface area contributed by atoms with Crippen molar-refractivity contribution in [3.63, 3.8) is 0 Å². The Morgan fingerprint density at radius 3 is 3.00 bits per heavy atom. The Labute approximate surface area is 123 Å². The lowest BCUT2D eigenvalue weighted by Gasteiger charge is -2.36. The number of amides is 1. The number of carbonyl (C=O) groups is 1. The van der Waals surface area contributed by atoms with Crippen LogP contribution in [0.2, 0.25) is 0 Å². The lowest BCUT2D eigenvalue weighted by Crippen LogP contribution is -2.54. The fourth-order valence-electron chi connectivity index (χ4n) is 2.42. The summed E-state index contributed by atoms with van der Waals surface area (Å²) in [5.74, 6) is -0.610. The van der Waals surface area contributed by atoms with Gasteiger partial charge in [-0.15, -0.1) is 0 Å². The molecular weight excluding hydrogens is 275 g/mol. The summed E-state index contributed by atoms with van der Waals surface area (Å²) in [5.41, 5.74) is 0.873. The SMILES string of the molecule is CCNC(=O)C1COCCN1c1ccc([C@H](C)O)cc1F. The summed E-state index contributed by atoms with van der Waals surface area (Å²) in [6.45, 7) is 5.08. The number of ether oxygens (including phenoxy) is 1. The highest BCUT2D eigenvalue weighted by Gasteiger charge is 2.30. The molecule has 1 unspecified atom stereocenters.